The van der Waals surface area contributed by atoms with Gasteiger partial charge in [-0.15, -0.1) is 0 Å². The number of para-hydroxylation sites is 2. The number of hydrogen-bond donors (Lipinski definition) is 4. The quantitative estimate of drug-likeness (QED) is 0.286. The maximum absolute atomic E-state index is 12.8. The second-order valence-corrected chi connectivity index (χ2v) is 8.04. The number of carbonyl (C=O) groups is 3. The number of nitrogens with one attached hydrogen (secondary N) is 2. The molecule has 9 nitrogen and oxygen atoms in total. The number of amides is 3. The van der Waals surface area contributed by atoms with Crippen LogP contribution in [0.2, 0.25) is 0 Å². The normalized spacial score (nSPS) is 12.2. The van der Waals surface area contributed by atoms with Crippen LogP contribution < -0.4 is 31.6 Å². The Morgan fingerprint density at radius 1 is 0.886 bits per heavy atom. The van der Waals surface area contributed by atoms with Crippen LogP contribution in [0.3, 0.4) is 0 Å². The first-order chi connectivity index (χ1) is 16.6. The summed E-state index contributed by atoms with van der Waals surface area (Å²) in [5.74, 6) is -0.207. The lowest BCUT2D eigenvalue weighted by atomic mass is 9.73. The van der Waals surface area contributed by atoms with Crippen LogP contribution in [0.15, 0.2) is 60.7 Å². The van der Waals surface area contributed by atoms with Gasteiger partial charge in [-0.2, -0.15) is 0 Å². The van der Waals surface area contributed by atoms with E-state index in [2.05, 4.69) is 10.6 Å². The molecule has 3 rings (SSSR count). The van der Waals surface area contributed by atoms with E-state index in [1.165, 1.54) is 27.2 Å². The smallest absolute Gasteiger partial charge is 0.323 e. The van der Waals surface area contributed by atoms with Gasteiger partial charge in [0, 0.05) is 11.3 Å². The van der Waals surface area contributed by atoms with Gasteiger partial charge in [0.05, 0.1) is 31.0 Å². The third-order valence-electron chi connectivity index (χ3n) is 5.86. The topological polar surface area (TPSA) is 146 Å². The first-order valence-corrected chi connectivity index (χ1v) is 10.7. The number of carbonyl (C=O) groups excluding carboxylic acids is 3. The first kappa shape index (κ1) is 25.1. The largest absolute Gasteiger partial charge is 0.493 e. The SMILES string of the molecule is COc1cc(C(C)=O)c(C(C)(C(N)=O)c2ccc(NC(=O)Nc3ccccc3N)cc2)cc1OC. The Balaban J connectivity index is 1.96. The number of methoxy groups -OCH3 is 2. The van der Waals surface area contributed by atoms with E-state index in [1.54, 1.807) is 61.5 Å². The van der Waals surface area contributed by atoms with E-state index in [4.69, 9.17) is 20.9 Å². The molecule has 1 unspecified atom stereocenters. The van der Waals surface area contributed by atoms with E-state index in [9.17, 15) is 14.4 Å². The second kappa shape index (κ2) is 10.2. The number of urea groups is 1. The molecular formula is C26H28N4O5. The highest BCUT2D eigenvalue weighted by atomic mass is 16.5. The lowest BCUT2D eigenvalue weighted by Crippen LogP contribution is -2.40. The Kier molecular flexibility index (Phi) is 7.29. The summed E-state index contributed by atoms with van der Waals surface area (Å²) in [6.07, 6.45) is 0. The highest BCUT2D eigenvalue weighted by Crippen LogP contribution is 2.40. The number of primary amides is 1. The molecule has 0 fully saturated rings. The van der Waals surface area contributed by atoms with Gasteiger partial charge < -0.3 is 31.6 Å². The highest BCUT2D eigenvalue weighted by Gasteiger charge is 2.39. The minimum absolute atomic E-state index is 0.261. The summed E-state index contributed by atoms with van der Waals surface area (Å²) in [4.78, 5) is 37.6. The Labute approximate surface area is 203 Å². The van der Waals surface area contributed by atoms with Crippen LogP contribution in [0.4, 0.5) is 21.9 Å². The number of Topliss-reactive ketones (excluding diaryl/α,β-unsaturated/α-hetero) is 1. The molecule has 0 saturated carbocycles. The molecule has 0 bridgehead atoms. The summed E-state index contributed by atoms with van der Waals surface area (Å²) in [5, 5.41) is 5.39. The lowest BCUT2D eigenvalue weighted by molar-refractivity contribution is -0.121. The van der Waals surface area contributed by atoms with Crippen LogP contribution in [-0.2, 0) is 10.2 Å². The maximum Gasteiger partial charge on any atom is 0.323 e. The first-order valence-electron chi connectivity index (χ1n) is 10.7. The van der Waals surface area contributed by atoms with Gasteiger partial charge in [0.25, 0.3) is 0 Å². The van der Waals surface area contributed by atoms with E-state index in [1.807, 2.05) is 0 Å². The summed E-state index contributed by atoms with van der Waals surface area (Å²) >= 11 is 0. The summed E-state index contributed by atoms with van der Waals surface area (Å²) in [5.41, 5.74) is 12.9. The number of rotatable bonds is 8. The zero-order valence-electron chi connectivity index (χ0n) is 20.0. The van der Waals surface area contributed by atoms with E-state index >= 15 is 0 Å². The van der Waals surface area contributed by atoms with Crippen molar-refractivity contribution in [2.24, 2.45) is 5.73 Å². The third kappa shape index (κ3) is 5.03. The Morgan fingerprint density at radius 2 is 1.49 bits per heavy atom. The van der Waals surface area contributed by atoms with Gasteiger partial charge in [0.15, 0.2) is 17.3 Å². The van der Waals surface area contributed by atoms with Crippen molar-refractivity contribution in [2.45, 2.75) is 19.3 Å². The average molecular weight is 477 g/mol. The summed E-state index contributed by atoms with van der Waals surface area (Å²) in [6, 6.07) is 16.1. The van der Waals surface area contributed by atoms with Gasteiger partial charge >= 0.3 is 6.03 Å². The Hall–Kier alpha value is -4.53. The van der Waals surface area contributed by atoms with Crippen molar-refractivity contribution in [1.29, 1.82) is 0 Å². The van der Waals surface area contributed by atoms with Crippen LogP contribution in [-0.4, -0.2) is 31.9 Å². The fourth-order valence-electron chi connectivity index (χ4n) is 3.80. The van der Waals surface area contributed by atoms with Gasteiger partial charge in [-0.3, -0.25) is 9.59 Å². The molecule has 0 aromatic heterocycles. The van der Waals surface area contributed by atoms with Crippen molar-refractivity contribution in [1.82, 2.24) is 0 Å². The van der Waals surface area contributed by atoms with Gasteiger partial charge in [-0.1, -0.05) is 24.3 Å². The van der Waals surface area contributed by atoms with Gasteiger partial charge in [0.2, 0.25) is 5.91 Å². The minimum Gasteiger partial charge on any atom is -0.493 e. The number of anilines is 3. The predicted octanol–water partition coefficient (Wildman–Crippen LogP) is 3.92. The highest BCUT2D eigenvalue weighted by molar-refractivity contribution is 6.02. The van der Waals surface area contributed by atoms with Crippen molar-refractivity contribution in [3.8, 4) is 11.5 Å². The van der Waals surface area contributed by atoms with Gasteiger partial charge in [-0.25, -0.2) is 4.79 Å². The summed E-state index contributed by atoms with van der Waals surface area (Å²) in [6.45, 7) is 3.04. The molecule has 3 aromatic rings. The predicted molar refractivity (Wildman–Crippen MR) is 135 cm³/mol. The molecule has 0 heterocycles. The van der Waals surface area contributed by atoms with Gasteiger partial charge in [0.1, 0.15) is 0 Å². The zero-order valence-corrected chi connectivity index (χ0v) is 20.0. The summed E-state index contributed by atoms with van der Waals surface area (Å²) in [7, 11) is 2.92. The minimum atomic E-state index is -1.38. The Morgan fingerprint density at radius 3 is 2.03 bits per heavy atom. The van der Waals surface area contributed by atoms with Crippen molar-refractivity contribution in [3.05, 3.63) is 77.4 Å². The molecule has 3 aromatic carbocycles. The maximum atomic E-state index is 12.8. The number of ketones is 1. The average Bonchev–Trinajstić information content (AvgIpc) is 2.84. The molecule has 9 heteroatoms. The van der Waals surface area contributed by atoms with E-state index in [-0.39, 0.29) is 11.3 Å². The van der Waals surface area contributed by atoms with Crippen LogP contribution in [0, 0.1) is 0 Å². The molecular weight excluding hydrogens is 448 g/mol. The van der Waals surface area contributed by atoms with Crippen molar-refractivity contribution in [3.63, 3.8) is 0 Å². The van der Waals surface area contributed by atoms with Crippen molar-refractivity contribution >= 4 is 34.8 Å². The number of benzene rings is 3. The Bertz CT molecular complexity index is 1270. The van der Waals surface area contributed by atoms with Gasteiger partial charge in [-0.05, 0) is 61.4 Å². The number of nitrogens with two attached hydrogens (primary N) is 2. The van der Waals surface area contributed by atoms with Crippen molar-refractivity contribution in [2.75, 3.05) is 30.6 Å². The molecule has 35 heavy (non-hydrogen) atoms. The second-order valence-electron chi connectivity index (χ2n) is 8.04. The monoisotopic (exact) mass is 476 g/mol. The number of nitrogen functional groups attached to an aromatic ring is 1. The molecule has 0 aliphatic rings. The van der Waals surface area contributed by atoms with Crippen molar-refractivity contribution < 1.29 is 23.9 Å². The summed E-state index contributed by atoms with van der Waals surface area (Å²) < 4.78 is 10.7. The molecule has 6 N–H and O–H groups in total. The molecule has 182 valence electrons. The van der Waals surface area contributed by atoms with E-state index < -0.39 is 17.4 Å². The van der Waals surface area contributed by atoms with Crippen LogP contribution >= 0.6 is 0 Å². The third-order valence-corrected chi connectivity index (χ3v) is 5.86. The fraction of sp³-hybridized carbons (Fsp3) is 0.192. The lowest BCUT2D eigenvalue weighted by Gasteiger charge is -2.30. The molecule has 0 spiro atoms. The van der Waals surface area contributed by atoms with Crippen LogP contribution in [0.1, 0.15) is 35.3 Å². The molecule has 1 atom stereocenters. The fourth-order valence-corrected chi connectivity index (χ4v) is 3.80. The van der Waals surface area contributed by atoms with E-state index in [0.29, 0.717) is 39.7 Å². The molecule has 0 aliphatic heterocycles. The zero-order chi connectivity index (χ0) is 25.8. The molecule has 0 saturated heterocycles. The molecule has 0 aliphatic carbocycles. The molecule has 3 amide bonds. The number of hydrogen-bond acceptors (Lipinski definition) is 6. The van der Waals surface area contributed by atoms with Crippen LogP contribution in [0.5, 0.6) is 11.5 Å². The number of ether oxygens (including phenoxy) is 2. The van der Waals surface area contributed by atoms with Crippen LogP contribution in [0.25, 0.3) is 0 Å². The standard InChI is InChI=1S/C26H28N4O5/c1-15(31)18-13-22(34-3)23(35-4)14-19(18)26(2,24(28)32)16-9-11-17(12-10-16)29-25(33)30-21-8-6-5-7-20(21)27/h5-14H,27H2,1-4H3,(H2,28,32)(H2,29,30,33). The molecule has 0 radical (unpaired) electrons. The van der Waals surface area contributed by atoms with E-state index in [0.717, 1.165) is 0 Å².